The van der Waals surface area contributed by atoms with Crippen molar-refractivity contribution in [2.24, 2.45) is 5.41 Å². The van der Waals surface area contributed by atoms with Crippen LogP contribution in [0.5, 0.6) is 0 Å². The van der Waals surface area contributed by atoms with E-state index in [9.17, 15) is 9.18 Å². The summed E-state index contributed by atoms with van der Waals surface area (Å²) in [6, 6.07) is 6.27. The molecule has 3 nitrogen and oxygen atoms in total. The number of carbonyl (C=O) groups is 1. The minimum atomic E-state index is -0.354. The number of hydrogen-bond donors (Lipinski definition) is 2. The number of aliphatic hydroxyl groups is 1. The standard InChI is InChI=1S/C15H20FNO2/c1-15(2,9-10-18)11-17-14(19)8-7-12-5-3-4-6-13(12)16/h3-8,18H,9-11H2,1-2H3,(H,17,19)/b8-7+. The molecule has 2 N–H and O–H groups in total. The molecule has 0 saturated carbocycles. The zero-order chi connectivity index (χ0) is 14.3. The van der Waals surface area contributed by atoms with Crippen molar-refractivity contribution in [2.45, 2.75) is 20.3 Å². The molecule has 0 fully saturated rings. The van der Waals surface area contributed by atoms with Gasteiger partial charge in [0.1, 0.15) is 5.82 Å². The maximum absolute atomic E-state index is 13.3. The minimum absolute atomic E-state index is 0.0912. The largest absolute Gasteiger partial charge is 0.396 e. The molecule has 4 heteroatoms. The first-order valence-corrected chi connectivity index (χ1v) is 6.26. The Balaban J connectivity index is 2.50. The predicted molar refractivity (Wildman–Crippen MR) is 73.9 cm³/mol. The number of carbonyl (C=O) groups excluding carboxylic acids is 1. The molecule has 0 heterocycles. The van der Waals surface area contributed by atoms with E-state index in [-0.39, 0.29) is 23.7 Å². The molecular weight excluding hydrogens is 245 g/mol. The molecule has 0 aromatic heterocycles. The van der Waals surface area contributed by atoms with E-state index in [4.69, 9.17) is 5.11 Å². The lowest BCUT2D eigenvalue weighted by Gasteiger charge is -2.23. The normalized spacial score (nSPS) is 11.8. The van der Waals surface area contributed by atoms with E-state index in [1.54, 1.807) is 18.2 Å². The highest BCUT2D eigenvalue weighted by Crippen LogP contribution is 2.17. The molecule has 19 heavy (non-hydrogen) atoms. The monoisotopic (exact) mass is 265 g/mol. The Morgan fingerprint density at radius 1 is 1.42 bits per heavy atom. The molecule has 0 spiro atoms. The van der Waals surface area contributed by atoms with E-state index >= 15 is 0 Å². The molecule has 0 aliphatic carbocycles. The van der Waals surface area contributed by atoms with Gasteiger partial charge in [0.2, 0.25) is 5.91 Å². The van der Waals surface area contributed by atoms with Gasteiger partial charge in [-0.15, -0.1) is 0 Å². The SMILES string of the molecule is CC(C)(CCO)CNC(=O)/C=C/c1ccccc1F. The Labute approximate surface area is 113 Å². The highest BCUT2D eigenvalue weighted by molar-refractivity contribution is 5.91. The number of halogens is 1. The van der Waals surface area contributed by atoms with Gasteiger partial charge in [0.05, 0.1) is 0 Å². The fourth-order valence-corrected chi connectivity index (χ4v) is 1.55. The predicted octanol–water partition coefficient (Wildman–Crippen LogP) is 2.36. The molecule has 0 unspecified atom stereocenters. The van der Waals surface area contributed by atoms with Crippen LogP contribution in [-0.2, 0) is 4.79 Å². The van der Waals surface area contributed by atoms with Gasteiger partial charge in [0.15, 0.2) is 0 Å². The van der Waals surface area contributed by atoms with Crippen LogP contribution < -0.4 is 5.32 Å². The lowest BCUT2D eigenvalue weighted by atomic mass is 9.90. The van der Waals surface area contributed by atoms with Crippen molar-refractivity contribution in [1.82, 2.24) is 5.32 Å². The summed E-state index contributed by atoms with van der Waals surface area (Å²) in [6.45, 7) is 4.48. The van der Waals surface area contributed by atoms with Gasteiger partial charge in [-0.3, -0.25) is 4.79 Å². The molecule has 1 rings (SSSR count). The fourth-order valence-electron chi connectivity index (χ4n) is 1.55. The Hall–Kier alpha value is -1.68. The van der Waals surface area contributed by atoms with Gasteiger partial charge in [-0.1, -0.05) is 32.0 Å². The number of benzene rings is 1. The van der Waals surface area contributed by atoms with E-state index in [1.807, 2.05) is 13.8 Å². The number of aliphatic hydroxyl groups excluding tert-OH is 1. The maximum Gasteiger partial charge on any atom is 0.244 e. The van der Waals surface area contributed by atoms with Crippen LogP contribution in [0.4, 0.5) is 4.39 Å². The molecule has 104 valence electrons. The summed E-state index contributed by atoms with van der Waals surface area (Å²) in [4.78, 5) is 11.6. The Kier molecular flexibility index (Phi) is 5.70. The summed E-state index contributed by atoms with van der Waals surface area (Å²) < 4.78 is 13.3. The zero-order valence-electron chi connectivity index (χ0n) is 11.3. The molecule has 0 radical (unpaired) electrons. The third-order valence-corrected chi connectivity index (χ3v) is 2.85. The third kappa shape index (κ3) is 5.66. The topological polar surface area (TPSA) is 49.3 Å². The van der Waals surface area contributed by atoms with Crippen LogP contribution in [0.15, 0.2) is 30.3 Å². The molecule has 1 amide bonds. The minimum Gasteiger partial charge on any atom is -0.396 e. The van der Waals surface area contributed by atoms with Crippen LogP contribution in [-0.4, -0.2) is 24.2 Å². The number of amides is 1. The van der Waals surface area contributed by atoms with Gasteiger partial charge in [0, 0.05) is 24.8 Å². The van der Waals surface area contributed by atoms with Crippen molar-refractivity contribution in [2.75, 3.05) is 13.2 Å². The summed E-state index contributed by atoms with van der Waals surface area (Å²) in [5.41, 5.74) is 0.225. The summed E-state index contributed by atoms with van der Waals surface area (Å²) in [5, 5.41) is 11.6. The quantitative estimate of drug-likeness (QED) is 0.776. The van der Waals surface area contributed by atoms with Gasteiger partial charge >= 0.3 is 0 Å². The Morgan fingerprint density at radius 3 is 2.74 bits per heavy atom. The Morgan fingerprint density at radius 2 is 2.11 bits per heavy atom. The van der Waals surface area contributed by atoms with Gasteiger partial charge in [-0.2, -0.15) is 0 Å². The lowest BCUT2D eigenvalue weighted by Crippen LogP contribution is -2.33. The van der Waals surface area contributed by atoms with Crippen molar-refractivity contribution in [3.05, 3.63) is 41.7 Å². The first-order chi connectivity index (χ1) is 8.94. The van der Waals surface area contributed by atoms with Crippen LogP contribution in [0.1, 0.15) is 25.8 Å². The maximum atomic E-state index is 13.3. The average molecular weight is 265 g/mol. The second kappa shape index (κ2) is 7.04. The molecule has 0 saturated heterocycles. The number of nitrogens with one attached hydrogen (secondary N) is 1. The van der Waals surface area contributed by atoms with Gasteiger partial charge in [-0.25, -0.2) is 4.39 Å². The molecule has 1 aromatic carbocycles. The highest BCUT2D eigenvalue weighted by atomic mass is 19.1. The number of rotatable bonds is 6. The van der Waals surface area contributed by atoms with E-state index in [2.05, 4.69) is 5.32 Å². The molecule has 0 bridgehead atoms. The Bertz CT molecular complexity index is 455. The van der Waals surface area contributed by atoms with Gasteiger partial charge in [-0.05, 0) is 24.0 Å². The third-order valence-electron chi connectivity index (χ3n) is 2.85. The van der Waals surface area contributed by atoms with E-state index in [0.717, 1.165) is 0 Å². The van der Waals surface area contributed by atoms with Crippen LogP contribution in [0.2, 0.25) is 0 Å². The summed E-state index contributed by atoms with van der Waals surface area (Å²) >= 11 is 0. The van der Waals surface area contributed by atoms with E-state index in [1.165, 1.54) is 18.2 Å². The van der Waals surface area contributed by atoms with Crippen molar-refractivity contribution in [3.8, 4) is 0 Å². The van der Waals surface area contributed by atoms with Crippen LogP contribution in [0, 0.1) is 11.2 Å². The number of hydrogen-bond acceptors (Lipinski definition) is 2. The lowest BCUT2D eigenvalue weighted by molar-refractivity contribution is -0.116. The zero-order valence-corrected chi connectivity index (χ0v) is 11.3. The smallest absolute Gasteiger partial charge is 0.244 e. The summed E-state index contributed by atoms with van der Waals surface area (Å²) in [6.07, 6.45) is 3.38. The average Bonchev–Trinajstić information content (AvgIpc) is 2.35. The molecule has 0 aliphatic rings. The first-order valence-electron chi connectivity index (χ1n) is 6.26. The van der Waals surface area contributed by atoms with Crippen molar-refractivity contribution >= 4 is 12.0 Å². The van der Waals surface area contributed by atoms with Crippen molar-refractivity contribution in [3.63, 3.8) is 0 Å². The first kappa shape index (κ1) is 15.4. The molecule has 0 atom stereocenters. The van der Waals surface area contributed by atoms with Crippen LogP contribution in [0.3, 0.4) is 0 Å². The van der Waals surface area contributed by atoms with Crippen molar-refractivity contribution in [1.29, 1.82) is 0 Å². The second-order valence-corrected chi connectivity index (χ2v) is 5.21. The molecule has 0 aliphatic heterocycles. The molecular formula is C15H20FNO2. The summed E-state index contributed by atoms with van der Waals surface area (Å²) in [5.74, 6) is -0.624. The highest BCUT2D eigenvalue weighted by Gasteiger charge is 2.17. The van der Waals surface area contributed by atoms with Crippen LogP contribution >= 0.6 is 0 Å². The fraction of sp³-hybridized carbons (Fsp3) is 0.400. The summed E-state index contributed by atoms with van der Waals surface area (Å²) in [7, 11) is 0. The molecule has 1 aromatic rings. The van der Waals surface area contributed by atoms with E-state index < -0.39 is 0 Å². The second-order valence-electron chi connectivity index (χ2n) is 5.21. The van der Waals surface area contributed by atoms with Crippen molar-refractivity contribution < 1.29 is 14.3 Å². The van der Waals surface area contributed by atoms with Crippen LogP contribution in [0.25, 0.3) is 6.08 Å². The van der Waals surface area contributed by atoms with E-state index in [0.29, 0.717) is 18.5 Å². The van der Waals surface area contributed by atoms with Gasteiger partial charge in [0.25, 0.3) is 0 Å². The van der Waals surface area contributed by atoms with Gasteiger partial charge < -0.3 is 10.4 Å².